The predicted molar refractivity (Wildman–Crippen MR) is 81.8 cm³/mol. The van der Waals surface area contributed by atoms with Crippen molar-refractivity contribution in [3.05, 3.63) is 34.9 Å². The number of esters is 1. The summed E-state index contributed by atoms with van der Waals surface area (Å²) >= 11 is 0. The first kappa shape index (κ1) is 16.2. The van der Waals surface area contributed by atoms with Gasteiger partial charge in [0.25, 0.3) is 5.91 Å². The molecule has 5 nitrogen and oxygen atoms in total. The first-order valence-electron chi connectivity index (χ1n) is 7.47. The van der Waals surface area contributed by atoms with Crippen molar-refractivity contribution in [2.45, 2.75) is 39.2 Å². The Bertz CT molecular complexity index is 607. The Morgan fingerprint density at radius 3 is 2.64 bits per heavy atom. The molecule has 1 N–H and O–H groups in total. The van der Waals surface area contributed by atoms with Crippen LogP contribution in [0.4, 0.5) is 0 Å². The van der Waals surface area contributed by atoms with Crippen molar-refractivity contribution in [1.29, 1.82) is 0 Å². The Hall–Kier alpha value is -2.17. The summed E-state index contributed by atoms with van der Waals surface area (Å²) in [5, 5.41) is 2.74. The average Bonchev–Trinajstić information content (AvgIpc) is 2.86. The van der Waals surface area contributed by atoms with Crippen LogP contribution in [0.2, 0.25) is 0 Å². The van der Waals surface area contributed by atoms with Gasteiger partial charge in [0.1, 0.15) is 6.04 Å². The predicted octanol–water partition coefficient (Wildman–Crippen LogP) is 2.13. The van der Waals surface area contributed by atoms with Crippen LogP contribution in [0.3, 0.4) is 0 Å². The number of hydrogen-bond donors (Lipinski definition) is 1. The molecule has 0 aromatic heterocycles. The van der Waals surface area contributed by atoms with Crippen molar-refractivity contribution in [3.8, 4) is 0 Å². The monoisotopic (exact) mass is 303 g/mol. The third kappa shape index (κ3) is 3.35. The lowest BCUT2D eigenvalue weighted by molar-refractivity contribution is -0.143. The highest BCUT2D eigenvalue weighted by Crippen LogP contribution is 2.25. The molecule has 0 spiro atoms. The fourth-order valence-corrected chi connectivity index (χ4v) is 2.77. The Morgan fingerprint density at radius 2 is 2.00 bits per heavy atom. The molecule has 118 valence electrons. The molecule has 0 radical (unpaired) electrons. The normalized spacial score (nSPS) is 14.6. The highest BCUT2D eigenvalue weighted by Gasteiger charge is 2.27. The Morgan fingerprint density at radius 1 is 1.27 bits per heavy atom. The van der Waals surface area contributed by atoms with E-state index in [1.54, 1.807) is 18.2 Å². The number of fused-ring (bicyclic) bond motifs is 1. The topological polar surface area (TPSA) is 72.5 Å². The summed E-state index contributed by atoms with van der Waals surface area (Å²) in [6, 6.07) is 4.46. The molecular weight excluding hydrogens is 282 g/mol. The van der Waals surface area contributed by atoms with Crippen molar-refractivity contribution in [1.82, 2.24) is 5.32 Å². The van der Waals surface area contributed by atoms with Gasteiger partial charge in [-0.1, -0.05) is 26.0 Å². The SMILES string of the molecule is COC(=O)[C@H](CC(C)C)NC(=O)c1cccc2c1CCC2=O. The minimum atomic E-state index is -0.675. The number of ether oxygens (including phenoxy) is 1. The van der Waals surface area contributed by atoms with Crippen LogP contribution in [0, 0.1) is 5.92 Å². The second-order valence-electron chi connectivity index (χ2n) is 5.93. The molecule has 1 aliphatic carbocycles. The summed E-state index contributed by atoms with van der Waals surface area (Å²) in [7, 11) is 1.31. The van der Waals surface area contributed by atoms with Crippen LogP contribution in [0.15, 0.2) is 18.2 Å². The van der Waals surface area contributed by atoms with Gasteiger partial charge in [-0.2, -0.15) is 0 Å². The minimum absolute atomic E-state index is 0.0661. The molecule has 0 saturated heterocycles. The van der Waals surface area contributed by atoms with Crippen LogP contribution in [0.25, 0.3) is 0 Å². The fourth-order valence-electron chi connectivity index (χ4n) is 2.77. The quantitative estimate of drug-likeness (QED) is 0.846. The van der Waals surface area contributed by atoms with Crippen LogP contribution >= 0.6 is 0 Å². The van der Waals surface area contributed by atoms with Crippen molar-refractivity contribution in [2.75, 3.05) is 7.11 Å². The molecule has 2 rings (SSSR count). The zero-order chi connectivity index (χ0) is 16.3. The summed E-state index contributed by atoms with van der Waals surface area (Å²) < 4.78 is 4.75. The van der Waals surface area contributed by atoms with Crippen LogP contribution < -0.4 is 5.32 Å². The van der Waals surface area contributed by atoms with E-state index in [0.29, 0.717) is 30.4 Å². The number of hydrogen-bond acceptors (Lipinski definition) is 4. The Balaban J connectivity index is 2.21. The van der Waals surface area contributed by atoms with Gasteiger partial charge in [-0.25, -0.2) is 4.79 Å². The highest BCUT2D eigenvalue weighted by atomic mass is 16.5. The van der Waals surface area contributed by atoms with Gasteiger partial charge < -0.3 is 10.1 Å². The number of benzene rings is 1. The fraction of sp³-hybridized carbons (Fsp3) is 0.471. The lowest BCUT2D eigenvalue weighted by Crippen LogP contribution is -2.42. The Labute approximate surface area is 130 Å². The van der Waals surface area contributed by atoms with E-state index in [2.05, 4.69) is 5.32 Å². The van der Waals surface area contributed by atoms with Crippen molar-refractivity contribution in [2.24, 2.45) is 5.92 Å². The number of rotatable bonds is 5. The summed E-state index contributed by atoms with van der Waals surface area (Å²) in [6.07, 6.45) is 1.52. The van der Waals surface area contributed by atoms with Gasteiger partial charge in [0.15, 0.2) is 5.78 Å². The van der Waals surface area contributed by atoms with Crippen molar-refractivity contribution in [3.63, 3.8) is 0 Å². The summed E-state index contributed by atoms with van der Waals surface area (Å²) in [5.74, 6) is -0.475. The molecule has 22 heavy (non-hydrogen) atoms. The average molecular weight is 303 g/mol. The largest absolute Gasteiger partial charge is 0.467 e. The van der Waals surface area contributed by atoms with E-state index >= 15 is 0 Å². The molecule has 0 unspecified atom stereocenters. The molecule has 1 aromatic carbocycles. The van der Waals surface area contributed by atoms with Gasteiger partial charge in [0, 0.05) is 17.5 Å². The second kappa shape index (κ2) is 6.73. The minimum Gasteiger partial charge on any atom is -0.467 e. The molecule has 0 fully saturated rings. The van der Waals surface area contributed by atoms with Crippen molar-refractivity contribution < 1.29 is 19.1 Å². The maximum absolute atomic E-state index is 12.5. The molecule has 1 amide bonds. The van der Waals surface area contributed by atoms with E-state index in [4.69, 9.17) is 4.74 Å². The van der Waals surface area contributed by atoms with Gasteiger partial charge in [0.2, 0.25) is 0 Å². The number of amides is 1. The molecule has 1 aliphatic rings. The summed E-state index contributed by atoms with van der Waals surface area (Å²) in [6.45, 7) is 3.95. The molecule has 0 saturated carbocycles. The summed E-state index contributed by atoms with van der Waals surface area (Å²) in [5.41, 5.74) is 1.87. The first-order chi connectivity index (χ1) is 10.4. The number of nitrogens with one attached hydrogen (secondary N) is 1. The molecule has 5 heteroatoms. The van der Waals surface area contributed by atoms with E-state index in [1.165, 1.54) is 7.11 Å². The molecule has 1 aromatic rings. The van der Waals surface area contributed by atoms with Gasteiger partial charge in [-0.15, -0.1) is 0 Å². The smallest absolute Gasteiger partial charge is 0.328 e. The molecule has 1 atom stereocenters. The van der Waals surface area contributed by atoms with Gasteiger partial charge >= 0.3 is 5.97 Å². The number of Topliss-reactive ketones (excluding diaryl/α,β-unsaturated/α-hetero) is 1. The maximum Gasteiger partial charge on any atom is 0.328 e. The number of carbonyl (C=O) groups excluding carboxylic acids is 3. The lowest BCUT2D eigenvalue weighted by atomic mass is 10.0. The van der Waals surface area contributed by atoms with Gasteiger partial charge in [-0.3, -0.25) is 9.59 Å². The highest BCUT2D eigenvalue weighted by molar-refractivity contribution is 6.06. The standard InChI is InChI=1S/C17H21NO4/c1-10(2)9-14(17(21)22-3)18-16(20)13-6-4-5-12-11(13)7-8-15(12)19/h4-6,10,14H,7-9H2,1-3H3,(H,18,20)/t14-/m0/s1. The van der Waals surface area contributed by atoms with E-state index < -0.39 is 12.0 Å². The van der Waals surface area contributed by atoms with E-state index in [-0.39, 0.29) is 17.6 Å². The number of carbonyl (C=O) groups is 3. The zero-order valence-electron chi connectivity index (χ0n) is 13.1. The molecule has 0 bridgehead atoms. The van der Waals surface area contributed by atoms with Crippen LogP contribution in [-0.2, 0) is 16.0 Å². The van der Waals surface area contributed by atoms with Crippen molar-refractivity contribution >= 4 is 17.7 Å². The van der Waals surface area contributed by atoms with E-state index in [9.17, 15) is 14.4 Å². The Kier molecular flexibility index (Phi) is 4.96. The van der Waals surface area contributed by atoms with Gasteiger partial charge in [0.05, 0.1) is 7.11 Å². The van der Waals surface area contributed by atoms with Gasteiger partial charge in [-0.05, 0) is 30.4 Å². The second-order valence-corrected chi connectivity index (χ2v) is 5.93. The zero-order valence-corrected chi connectivity index (χ0v) is 13.1. The molecule has 0 aliphatic heterocycles. The molecular formula is C17H21NO4. The van der Waals surface area contributed by atoms with Crippen LogP contribution in [0.5, 0.6) is 0 Å². The number of ketones is 1. The summed E-state index contributed by atoms with van der Waals surface area (Å²) in [4.78, 5) is 36.1. The number of methoxy groups -OCH3 is 1. The first-order valence-corrected chi connectivity index (χ1v) is 7.47. The molecule has 0 heterocycles. The lowest BCUT2D eigenvalue weighted by Gasteiger charge is -2.19. The van der Waals surface area contributed by atoms with Crippen LogP contribution in [-0.4, -0.2) is 30.8 Å². The van der Waals surface area contributed by atoms with Crippen LogP contribution in [0.1, 0.15) is 53.0 Å². The van der Waals surface area contributed by atoms with E-state index in [1.807, 2.05) is 13.8 Å². The third-order valence-corrected chi connectivity index (χ3v) is 3.82. The van der Waals surface area contributed by atoms with E-state index in [0.717, 1.165) is 5.56 Å². The third-order valence-electron chi connectivity index (χ3n) is 3.82. The maximum atomic E-state index is 12.5.